The smallest absolute Gasteiger partial charge is 0.321 e. The highest BCUT2D eigenvalue weighted by molar-refractivity contribution is 5.89. The van der Waals surface area contributed by atoms with Crippen LogP contribution in [-0.4, -0.2) is 48.1 Å². The van der Waals surface area contributed by atoms with Crippen molar-refractivity contribution in [1.29, 1.82) is 0 Å². The van der Waals surface area contributed by atoms with E-state index in [9.17, 15) is 4.79 Å². The molecule has 0 bridgehead atoms. The minimum atomic E-state index is -0.0203. The van der Waals surface area contributed by atoms with Crippen LogP contribution in [0, 0.1) is 0 Å². The van der Waals surface area contributed by atoms with Crippen molar-refractivity contribution in [1.82, 2.24) is 9.80 Å². The zero-order chi connectivity index (χ0) is 14.5. The molecule has 0 radical (unpaired) electrons. The second-order valence-electron chi connectivity index (χ2n) is 5.25. The Morgan fingerprint density at radius 1 is 1.35 bits per heavy atom. The van der Waals surface area contributed by atoms with Crippen molar-refractivity contribution in [2.75, 3.05) is 31.5 Å². The molecule has 2 amide bonds. The summed E-state index contributed by atoms with van der Waals surface area (Å²) in [5.74, 6) is 0. The maximum atomic E-state index is 12.2. The van der Waals surface area contributed by atoms with Crippen LogP contribution in [0.2, 0.25) is 0 Å². The van der Waals surface area contributed by atoms with Crippen LogP contribution < -0.4 is 11.1 Å². The number of anilines is 1. The van der Waals surface area contributed by atoms with Crippen LogP contribution in [0.3, 0.4) is 0 Å². The molecular formula is C15H24N4O. The number of nitrogens with two attached hydrogens (primary N) is 1. The third kappa shape index (κ3) is 3.49. The largest absolute Gasteiger partial charge is 0.326 e. The third-order valence-electron chi connectivity index (χ3n) is 3.90. The Kier molecular flexibility index (Phi) is 4.98. The van der Waals surface area contributed by atoms with Gasteiger partial charge in [-0.1, -0.05) is 19.1 Å². The van der Waals surface area contributed by atoms with Crippen molar-refractivity contribution in [3.8, 4) is 0 Å². The average molecular weight is 276 g/mol. The monoisotopic (exact) mass is 276 g/mol. The number of amides is 2. The lowest BCUT2D eigenvalue weighted by Crippen LogP contribution is -2.54. The fourth-order valence-electron chi connectivity index (χ4n) is 2.58. The first-order valence-corrected chi connectivity index (χ1v) is 7.23. The Bertz CT molecular complexity index is 446. The summed E-state index contributed by atoms with van der Waals surface area (Å²) in [5, 5.41) is 2.94. The van der Waals surface area contributed by atoms with E-state index in [4.69, 9.17) is 5.73 Å². The quantitative estimate of drug-likeness (QED) is 0.883. The van der Waals surface area contributed by atoms with Crippen LogP contribution >= 0.6 is 0 Å². The Balaban J connectivity index is 1.91. The molecule has 1 heterocycles. The van der Waals surface area contributed by atoms with Crippen LogP contribution in [0.25, 0.3) is 0 Å². The van der Waals surface area contributed by atoms with Gasteiger partial charge in [0.25, 0.3) is 0 Å². The molecule has 1 aromatic rings. The van der Waals surface area contributed by atoms with Gasteiger partial charge in [0.15, 0.2) is 0 Å². The van der Waals surface area contributed by atoms with E-state index < -0.39 is 0 Å². The lowest BCUT2D eigenvalue weighted by molar-refractivity contribution is 0.108. The molecule has 1 aromatic carbocycles. The predicted octanol–water partition coefficient (Wildman–Crippen LogP) is 1.70. The lowest BCUT2D eigenvalue weighted by atomic mass is 10.2. The van der Waals surface area contributed by atoms with Crippen molar-refractivity contribution in [2.45, 2.75) is 26.4 Å². The number of nitrogens with one attached hydrogen (secondary N) is 1. The van der Waals surface area contributed by atoms with Gasteiger partial charge in [0.05, 0.1) is 0 Å². The van der Waals surface area contributed by atoms with Crippen molar-refractivity contribution >= 4 is 11.7 Å². The number of carbonyl (C=O) groups is 1. The zero-order valence-corrected chi connectivity index (χ0v) is 12.3. The highest BCUT2D eigenvalue weighted by Gasteiger charge is 2.25. The number of rotatable bonds is 3. The molecule has 20 heavy (non-hydrogen) atoms. The van der Waals surface area contributed by atoms with E-state index in [2.05, 4.69) is 24.1 Å². The second-order valence-corrected chi connectivity index (χ2v) is 5.25. The second kappa shape index (κ2) is 6.72. The fraction of sp³-hybridized carbons (Fsp3) is 0.533. The van der Waals surface area contributed by atoms with Gasteiger partial charge in [-0.2, -0.15) is 0 Å². The molecular weight excluding hydrogens is 252 g/mol. The van der Waals surface area contributed by atoms with E-state index in [-0.39, 0.29) is 6.03 Å². The van der Waals surface area contributed by atoms with E-state index in [1.165, 1.54) is 0 Å². The molecule has 1 aliphatic heterocycles. The highest BCUT2D eigenvalue weighted by Crippen LogP contribution is 2.13. The lowest BCUT2D eigenvalue weighted by Gasteiger charge is -2.39. The van der Waals surface area contributed by atoms with Crippen LogP contribution in [0.1, 0.15) is 19.4 Å². The first-order chi connectivity index (χ1) is 9.63. The number of hydrogen-bond acceptors (Lipinski definition) is 3. The molecule has 1 unspecified atom stereocenters. The molecule has 0 aromatic heterocycles. The molecule has 5 nitrogen and oxygen atoms in total. The maximum Gasteiger partial charge on any atom is 0.321 e. The number of urea groups is 1. The predicted molar refractivity (Wildman–Crippen MR) is 81.6 cm³/mol. The molecule has 0 spiro atoms. The summed E-state index contributed by atoms with van der Waals surface area (Å²) >= 11 is 0. The number of piperazine rings is 1. The Hall–Kier alpha value is -1.59. The molecule has 2 rings (SSSR count). The summed E-state index contributed by atoms with van der Waals surface area (Å²) in [6.45, 7) is 8.38. The number of likely N-dealkylation sites (N-methyl/N-ethyl adjacent to an activating group) is 1. The standard InChI is InChI=1S/C15H24N4O/c1-3-18-8-9-19(11-12(18)2)15(20)17-14-6-4-13(10-16)5-7-14/h4-7,12H,3,8-11,16H2,1-2H3,(H,17,20). The summed E-state index contributed by atoms with van der Waals surface area (Å²) in [6.07, 6.45) is 0. The van der Waals surface area contributed by atoms with Gasteiger partial charge in [0, 0.05) is 37.9 Å². The molecule has 1 atom stereocenters. The first kappa shape index (κ1) is 14.8. The van der Waals surface area contributed by atoms with E-state index in [0.29, 0.717) is 12.6 Å². The van der Waals surface area contributed by atoms with Crippen molar-refractivity contribution < 1.29 is 4.79 Å². The van der Waals surface area contributed by atoms with E-state index in [1.807, 2.05) is 29.2 Å². The molecule has 5 heteroatoms. The summed E-state index contributed by atoms with van der Waals surface area (Å²) in [7, 11) is 0. The summed E-state index contributed by atoms with van der Waals surface area (Å²) in [4.78, 5) is 16.5. The summed E-state index contributed by atoms with van der Waals surface area (Å²) in [5.41, 5.74) is 7.44. The van der Waals surface area contributed by atoms with E-state index in [1.54, 1.807) is 0 Å². The molecule has 1 fully saturated rings. The SMILES string of the molecule is CCN1CCN(C(=O)Nc2ccc(CN)cc2)CC1C. The number of nitrogens with zero attached hydrogens (tertiary/aromatic N) is 2. The Labute approximate surface area is 120 Å². The van der Waals surface area contributed by atoms with E-state index >= 15 is 0 Å². The van der Waals surface area contributed by atoms with Crippen LogP contribution in [0.5, 0.6) is 0 Å². The van der Waals surface area contributed by atoms with Crippen LogP contribution in [0.4, 0.5) is 10.5 Å². The zero-order valence-electron chi connectivity index (χ0n) is 12.3. The van der Waals surface area contributed by atoms with Crippen LogP contribution in [-0.2, 0) is 6.54 Å². The highest BCUT2D eigenvalue weighted by atomic mass is 16.2. The van der Waals surface area contributed by atoms with Gasteiger partial charge in [0.1, 0.15) is 0 Å². The van der Waals surface area contributed by atoms with Gasteiger partial charge in [-0.05, 0) is 31.2 Å². The maximum absolute atomic E-state index is 12.2. The average Bonchev–Trinajstić information content (AvgIpc) is 2.48. The van der Waals surface area contributed by atoms with Gasteiger partial charge in [-0.25, -0.2) is 4.79 Å². The molecule has 1 aliphatic rings. The first-order valence-electron chi connectivity index (χ1n) is 7.23. The van der Waals surface area contributed by atoms with Gasteiger partial charge in [-0.15, -0.1) is 0 Å². The van der Waals surface area contributed by atoms with Crippen molar-refractivity contribution in [2.24, 2.45) is 5.73 Å². The molecule has 1 saturated heterocycles. The summed E-state index contributed by atoms with van der Waals surface area (Å²) in [6, 6.07) is 8.06. The molecule has 0 aliphatic carbocycles. The number of hydrogen-bond donors (Lipinski definition) is 2. The van der Waals surface area contributed by atoms with Gasteiger partial charge < -0.3 is 16.0 Å². The summed E-state index contributed by atoms with van der Waals surface area (Å²) < 4.78 is 0. The Morgan fingerprint density at radius 3 is 2.60 bits per heavy atom. The van der Waals surface area contributed by atoms with Crippen molar-refractivity contribution in [3.63, 3.8) is 0 Å². The van der Waals surface area contributed by atoms with Gasteiger partial charge >= 0.3 is 6.03 Å². The topological polar surface area (TPSA) is 61.6 Å². The van der Waals surface area contributed by atoms with Gasteiger partial charge in [-0.3, -0.25) is 4.90 Å². The van der Waals surface area contributed by atoms with E-state index in [0.717, 1.165) is 37.4 Å². The molecule has 3 N–H and O–H groups in total. The number of benzene rings is 1. The molecule has 110 valence electrons. The fourth-order valence-corrected chi connectivity index (χ4v) is 2.58. The third-order valence-corrected chi connectivity index (χ3v) is 3.90. The number of carbonyl (C=O) groups excluding carboxylic acids is 1. The van der Waals surface area contributed by atoms with Gasteiger partial charge in [0.2, 0.25) is 0 Å². The Morgan fingerprint density at radius 2 is 2.05 bits per heavy atom. The minimum Gasteiger partial charge on any atom is -0.326 e. The van der Waals surface area contributed by atoms with Crippen molar-refractivity contribution in [3.05, 3.63) is 29.8 Å². The minimum absolute atomic E-state index is 0.0203. The molecule has 0 saturated carbocycles. The normalized spacial score (nSPS) is 19.9. The van der Waals surface area contributed by atoms with Crippen LogP contribution in [0.15, 0.2) is 24.3 Å².